The van der Waals surface area contributed by atoms with Crippen LogP contribution in [0.25, 0.3) is 0 Å². The summed E-state index contributed by atoms with van der Waals surface area (Å²) in [6.07, 6.45) is 14.3. The van der Waals surface area contributed by atoms with Crippen LogP contribution in [0.3, 0.4) is 0 Å². The second-order valence-corrected chi connectivity index (χ2v) is 18.6. The molecule has 0 heterocycles. The lowest BCUT2D eigenvalue weighted by Gasteiger charge is -2.69. The van der Waals surface area contributed by atoms with Crippen LogP contribution in [0.4, 0.5) is 5.69 Å². The summed E-state index contributed by atoms with van der Waals surface area (Å²) >= 11 is 0. The van der Waals surface area contributed by atoms with Crippen molar-refractivity contribution in [3.63, 3.8) is 0 Å². The van der Waals surface area contributed by atoms with Crippen LogP contribution in [-0.4, -0.2) is 29.6 Å². The Bertz CT molecular complexity index is 1790. The van der Waals surface area contributed by atoms with Crippen molar-refractivity contribution >= 4 is 17.6 Å². The highest BCUT2D eigenvalue weighted by Gasteiger charge is 2.66. The average molecular weight is 694 g/mol. The van der Waals surface area contributed by atoms with E-state index >= 15 is 0 Å². The smallest absolute Gasteiger partial charge is 0.338 e. The highest BCUT2D eigenvalue weighted by molar-refractivity contribution is 5.90. The molecule has 7 nitrogen and oxygen atoms in total. The Hall–Kier alpha value is -3.74. The summed E-state index contributed by atoms with van der Waals surface area (Å²) in [5.74, 6) is 0.165. The van der Waals surface area contributed by atoms with Crippen LogP contribution in [-0.2, 0) is 9.47 Å². The van der Waals surface area contributed by atoms with Gasteiger partial charge in [-0.2, -0.15) is 0 Å². The van der Waals surface area contributed by atoms with Crippen LogP contribution in [0, 0.1) is 54.4 Å². The fraction of sp³-hybridized carbons (Fsp3) is 0.591. The fourth-order valence-corrected chi connectivity index (χ4v) is 11.8. The maximum atomic E-state index is 13.3. The quantitative estimate of drug-likeness (QED) is 0.170. The second kappa shape index (κ2) is 12.2. The van der Waals surface area contributed by atoms with Crippen molar-refractivity contribution in [1.82, 2.24) is 0 Å². The van der Waals surface area contributed by atoms with Crippen molar-refractivity contribution in [1.29, 1.82) is 0 Å². The van der Waals surface area contributed by atoms with Gasteiger partial charge in [-0.3, -0.25) is 10.1 Å². The van der Waals surface area contributed by atoms with E-state index in [2.05, 4.69) is 60.6 Å². The maximum Gasteiger partial charge on any atom is 0.338 e. The minimum absolute atomic E-state index is 0.0261. The van der Waals surface area contributed by atoms with E-state index in [4.69, 9.17) is 9.47 Å². The van der Waals surface area contributed by atoms with E-state index in [1.165, 1.54) is 42.7 Å². The van der Waals surface area contributed by atoms with Gasteiger partial charge in [-0.1, -0.05) is 78.8 Å². The van der Waals surface area contributed by atoms with Gasteiger partial charge >= 0.3 is 11.9 Å². The van der Waals surface area contributed by atoms with Crippen molar-refractivity contribution in [2.75, 3.05) is 6.61 Å². The van der Waals surface area contributed by atoms with Gasteiger partial charge in [-0.25, -0.2) is 9.59 Å². The molecule has 0 bridgehead atoms. The molecule has 51 heavy (non-hydrogen) atoms. The molecule has 8 atom stereocenters. The van der Waals surface area contributed by atoms with Crippen LogP contribution >= 0.6 is 0 Å². The van der Waals surface area contributed by atoms with Crippen LogP contribution in [0.2, 0.25) is 0 Å². The van der Waals surface area contributed by atoms with Crippen LogP contribution in [0.1, 0.15) is 127 Å². The zero-order valence-corrected chi connectivity index (χ0v) is 31.6. The van der Waals surface area contributed by atoms with Gasteiger partial charge in [-0.15, -0.1) is 0 Å². The van der Waals surface area contributed by atoms with Gasteiger partial charge in [0.05, 0.1) is 22.7 Å². The topological polar surface area (TPSA) is 95.7 Å². The van der Waals surface area contributed by atoms with E-state index in [1.807, 2.05) is 30.3 Å². The van der Waals surface area contributed by atoms with Crippen LogP contribution in [0.5, 0.6) is 0 Å². The summed E-state index contributed by atoms with van der Waals surface area (Å²) in [7, 11) is 0. The summed E-state index contributed by atoms with van der Waals surface area (Å²) in [4.78, 5) is 36.9. The Labute approximate surface area is 303 Å². The molecule has 0 spiro atoms. The van der Waals surface area contributed by atoms with Gasteiger partial charge in [0.25, 0.3) is 5.69 Å². The maximum absolute atomic E-state index is 13.3. The Balaban J connectivity index is 1.12. The van der Waals surface area contributed by atoms with Crippen LogP contribution < -0.4 is 0 Å². The predicted molar refractivity (Wildman–Crippen MR) is 198 cm³/mol. The zero-order chi connectivity index (χ0) is 36.6. The Morgan fingerprint density at radius 2 is 1.45 bits per heavy atom. The zero-order valence-electron chi connectivity index (χ0n) is 31.6. The molecule has 0 aromatic heterocycles. The number of non-ortho nitro benzene ring substituents is 1. The first-order chi connectivity index (χ1) is 24.0. The molecule has 0 aliphatic heterocycles. The third kappa shape index (κ3) is 5.60. The molecule has 3 fully saturated rings. The van der Waals surface area contributed by atoms with Gasteiger partial charge in [0, 0.05) is 23.0 Å². The number of nitro groups is 1. The van der Waals surface area contributed by atoms with Crippen molar-refractivity contribution in [2.45, 2.75) is 112 Å². The molecule has 0 saturated heterocycles. The molecule has 0 N–H and O–H groups in total. The molecular formula is C44H55NO6. The number of nitrogens with zero attached hydrogens (tertiary/aromatic N) is 1. The third-order valence-corrected chi connectivity index (χ3v) is 15.4. The number of hydrogen-bond acceptors (Lipinski definition) is 6. The first-order valence-electron chi connectivity index (χ1n) is 19.1. The summed E-state index contributed by atoms with van der Waals surface area (Å²) in [5, 5.41) is 11.1. The Kier molecular flexibility index (Phi) is 8.50. The first kappa shape index (κ1) is 35.7. The number of carbonyl (C=O) groups is 2. The van der Waals surface area contributed by atoms with Crippen molar-refractivity contribution in [2.24, 2.45) is 44.3 Å². The molecule has 3 saturated carbocycles. The van der Waals surface area contributed by atoms with Gasteiger partial charge in [0.1, 0.15) is 6.10 Å². The molecule has 7 heteroatoms. The number of rotatable bonds is 6. The van der Waals surface area contributed by atoms with E-state index in [-0.39, 0.29) is 50.3 Å². The average Bonchev–Trinajstić information content (AvgIpc) is 3.10. The number of fused-ring (bicyclic) bond motifs is 7. The van der Waals surface area contributed by atoms with E-state index in [0.29, 0.717) is 29.6 Å². The number of esters is 2. The fourth-order valence-electron chi connectivity index (χ4n) is 11.8. The number of nitro benzene ring substituents is 1. The molecule has 0 amide bonds. The first-order valence-corrected chi connectivity index (χ1v) is 19.1. The highest BCUT2D eigenvalue weighted by atomic mass is 16.6. The van der Waals surface area contributed by atoms with E-state index in [0.717, 1.165) is 44.9 Å². The molecule has 0 unspecified atom stereocenters. The van der Waals surface area contributed by atoms with E-state index in [1.54, 1.807) is 5.57 Å². The number of allylic oxidation sites excluding steroid dienone is 4. The Morgan fingerprint density at radius 3 is 2.14 bits per heavy atom. The number of benzene rings is 2. The lowest BCUT2D eigenvalue weighted by atomic mass is 9.36. The molecular weight excluding hydrogens is 638 g/mol. The van der Waals surface area contributed by atoms with E-state index in [9.17, 15) is 19.7 Å². The lowest BCUT2D eigenvalue weighted by molar-refractivity contribution is -0.384. The third-order valence-electron chi connectivity index (χ3n) is 15.4. The largest absolute Gasteiger partial charge is 0.462 e. The number of ether oxygens (including phenoxy) is 2. The van der Waals surface area contributed by atoms with Crippen molar-refractivity contribution in [3.8, 4) is 0 Å². The normalized spacial score (nSPS) is 38.0. The molecule has 0 radical (unpaired) electrons. The SMILES string of the molecule is CC1(C)[C@H](OC(=O)c2ccc([N+](=O)[O-])cc2)CC[C@]2(C)C3=CC[C@@]4(C)[C@@H]5C[C@](C)(COC(=O)c6ccccc6)CC[C@]5(C)CC[C@]4(C)C3=CC[C@@H]12. The molecule has 2 aromatic rings. The minimum atomic E-state index is -0.460. The van der Waals surface area contributed by atoms with E-state index < -0.39 is 10.9 Å². The lowest BCUT2D eigenvalue weighted by Crippen LogP contribution is -2.61. The standard InChI is InChI=1S/C44H55NO6/c1-39(2)34-18-17-33-32(42(34,5)21-20-36(39)51-38(47)30-13-15-31(16-14-30)45(48)49)19-22-44(7)35-27-40(3,23-24-41(35,4)25-26-43(33,44)6)28-50-37(46)29-11-9-8-10-12-29/h8-17,19,34-36H,18,20-28H2,1-7H3/t34-,35+,36+,40+,41+,42+,43+,44-/m0/s1. The number of carbonyl (C=O) groups excluding carboxylic acids is 2. The predicted octanol–water partition coefficient (Wildman–Crippen LogP) is 10.7. The number of hydrogen-bond donors (Lipinski definition) is 0. The molecule has 5 aliphatic carbocycles. The second-order valence-electron chi connectivity index (χ2n) is 18.6. The highest BCUT2D eigenvalue weighted by Crippen LogP contribution is 2.74. The van der Waals surface area contributed by atoms with Crippen molar-refractivity contribution < 1.29 is 24.0 Å². The van der Waals surface area contributed by atoms with Crippen molar-refractivity contribution in [3.05, 3.63) is 99.1 Å². The summed E-state index contributed by atoms with van der Waals surface area (Å²) in [6, 6.07) is 15.0. The van der Waals surface area contributed by atoms with Gasteiger partial charge in [-0.05, 0) is 127 Å². The molecule has 272 valence electrons. The van der Waals surface area contributed by atoms with Gasteiger partial charge < -0.3 is 9.47 Å². The Morgan fingerprint density at radius 1 is 0.784 bits per heavy atom. The summed E-state index contributed by atoms with van der Waals surface area (Å²) < 4.78 is 12.2. The minimum Gasteiger partial charge on any atom is -0.462 e. The van der Waals surface area contributed by atoms with Gasteiger partial charge in [0.15, 0.2) is 0 Å². The van der Waals surface area contributed by atoms with Crippen LogP contribution in [0.15, 0.2) is 77.9 Å². The summed E-state index contributed by atoms with van der Waals surface area (Å²) in [5.41, 5.74) is 4.01. The summed E-state index contributed by atoms with van der Waals surface area (Å²) in [6.45, 7) is 17.4. The van der Waals surface area contributed by atoms with Gasteiger partial charge in [0.2, 0.25) is 0 Å². The monoisotopic (exact) mass is 693 g/mol. The molecule has 5 aliphatic rings. The molecule has 7 rings (SSSR count). The molecule has 2 aromatic carbocycles.